The van der Waals surface area contributed by atoms with Crippen molar-refractivity contribution < 1.29 is 23.4 Å². The van der Waals surface area contributed by atoms with Gasteiger partial charge in [-0.1, -0.05) is 23.1 Å². The zero-order chi connectivity index (χ0) is 23.9. The van der Waals surface area contributed by atoms with Crippen LogP contribution in [0.25, 0.3) is 0 Å². The van der Waals surface area contributed by atoms with Crippen molar-refractivity contribution in [1.29, 1.82) is 0 Å². The van der Waals surface area contributed by atoms with Crippen LogP contribution in [0.15, 0.2) is 33.4 Å². The van der Waals surface area contributed by atoms with Crippen LogP contribution in [0.2, 0.25) is 0 Å². The zero-order valence-corrected chi connectivity index (χ0v) is 19.1. The van der Waals surface area contributed by atoms with Gasteiger partial charge in [0, 0.05) is 48.0 Å². The Morgan fingerprint density at radius 1 is 1.24 bits per heavy atom. The van der Waals surface area contributed by atoms with Crippen molar-refractivity contribution in [1.82, 2.24) is 15.2 Å². The molecule has 0 aliphatic carbocycles. The van der Waals surface area contributed by atoms with Gasteiger partial charge in [-0.2, -0.15) is 13.2 Å². The number of thiazole rings is 1. The summed E-state index contributed by atoms with van der Waals surface area (Å²) in [6.45, 7) is 1.36. The Labute approximate surface area is 196 Å². The summed E-state index contributed by atoms with van der Waals surface area (Å²) < 4.78 is 41.5. The first-order valence-electron chi connectivity index (χ1n) is 10.4. The molecule has 0 saturated carbocycles. The highest BCUT2D eigenvalue weighted by atomic mass is 32.2. The molecule has 0 aromatic carbocycles. The molecule has 3 aliphatic rings. The molecule has 4 rings (SSSR count). The number of alkyl halides is 3. The number of aliphatic hydroxyl groups is 2. The van der Waals surface area contributed by atoms with E-state index in [1.165, 1.54) is 11.3 Å². The van der Waals surface area contributed by atoms with E-state index in [9.17, 15) is 23.4 Å². The van der Waals surface area contributed by atoms with Crippen molar-refractivity contribution in [2.24, 2.45) is 22.4 Å². The Hall–Kier alpha value is -1.84. The molecule has 182 valence electrons. The first kappa shape index (κ1) is 24.3. The first-order chi connectivity index (χ1) is 15.5. The highest BCUT2D eigenvalue weighted by Crippen LogP contribution is 2.50. The van der Waals surface area contributed by atoms with Gasteiger partial charge < -0.3 is 37.6 Å². The van der Waals surface area contributed by atoms with E-state index in [0.29, 0.717) is 42.5 Å². The normalized spacial score (nSPS) is 26.2. The topological polar surface area (TPSA) is 159 Å². The number of fused-ring (bicyclic) bond motifs is 1. The van der Waals surface area contributed by atoms with Crippen LogP contribution in [0.4, 0.5) is 18.3 Å². The Morgan fingerprint density at radius 2 is 1.94 bits per heavy atom. The van der Waals surface area contributed by atoms with Crippen molar-refractivity contribution in [2.45, 2.75) is 42.8 Å². The van der Waals surface area contributed by atoms with Crippen LogP contribution in [0.5, 0.6) is 0 Å². The number of hydrogen-bond acceptors (Lipinski definition) is 11. The maximum Gasteiger partial charge on any atom is 0.413 e. The average molecular weight is 506 g/mol. The maximum atomic E-state index is 13.8. The molecule has 0 spiro atoms. The predicted molar refractivity (Wildman–Crippen MR) is 122 cm³/mol. The molecule has 9 N–H and O–H groups in total. The standard InChI is InChI=1S/C19H26F3N7O2S2/c20-19(21,22)9-5-12(28-17-13(9)14(23)15(33-17)16(24)31)29-3-1-8(2-4-29)26-6-10(30)11-7-27-18(25)32-11/h5,7-8,10,13,16-17,26,30-31H,1-4,6,23-24H2,(H2,25,27). The van der Waals surface area contributed by atoms with Crippen LogP contribution >= 0.6 is 23.1 Å². The number of rotatable bonds is 5. The number of piperidine rings is 1. The molecule has 0 bridgehead atoms. The quantitative estimate of drug-likeness (QED) is 0.319. The van der Waals surface area contributed by atoms with E-state index in [1.54, 1.807) is 6.20 Å². The molecule has 4 heterocycles. The highest BCUT2D eigenvalue weighted by molar-refractivity contribution is 8.04. The number of nitrogens with one attached hydrogen (secondary N) is 1. The second-order valence-electron chi connectivity index (χ2n) is 8.12. The fraction of sp³-hybridized carbons (Fsp3) is 0.579. The third kappa shape index (κ3) is 5.15. The lowest BCUT2D eigenvalue weighted by atomic mass is 9.91. The number of nitrogens with zero attached hydrogens (tertiary/aromatic N) is 3. The fourth-order valence-electron chi connectivity index (χ4n) is 4.21. The first-order valence-corrected chi connectivity index (χ1v) is 12.1. The minimum Gasteiger partial charge on any atom is -0.401 e. The third-order valence-corrected chi connectivity index (χ3v) is 8.19. The Bertz CT molecular complexity index is 971. The Balaban J connectivity index is 1.39. The summed E-state index contributed by atoms with van der Waals surface area (Å²) in [5, 5.41) is 22.8. The summed E-state index contributed by atoms with van der Waals surface area (Å²) in [6.07, 6.45) is -2.77. The van der Waals surface area contributed by atoms with E-state index in [2.05, 4.69) is 15.3 Å². The molecular formula is C19H26F3N7O2S2. The number of amidine groups is 1. The van der Waals surface area contributed by atoms with Gasteiger partial charge in [0.15, 0.2) is 5.13 Å². The second kappa shape index (κ2) is 9.43. The summed E-state index contributed by atoms with van der Waals surface area (Å²) in [5.74, 6) is -0.899. The predicted octanol–water partition coefficient (Wildman–Crippen LogP) is 0.850. The minimum absolute atomic E-state index is 0.0736. The molecule has 1 aromatic rings. The highest BCUT2D eigenvalue weighted by Gasteiger charge is 2.50. The van der Waals surface area contributed by atoms with E-state index in [0.717, 1.165) is 17.8 Å². The van der Waals surface area contributed by atoms with Crippen molar-refractivity contribution in [3.8, 4) is 0 Å². The lowest BCUT2D eigenvalue weighted by molar-refractivity contribution is -0.0978. The molecule has 14 heteroatoms. The summed E-state index contributed by atoms with van der Waals surface area (Å²) in [6, 6.07) is 0.112. The molecule has 1 fully saturated rings. The molecular weight excluding hydrogens is 479 g/mol. The molecule has 4 atom stereocenters. The second-order valence-corrected chi connectivity index (χ2v) is 10.4. The van der Waals surface area contributed by atoms with Crippen LogP contribution in [0.3, 0.4) is 0 Å². The molecule has 4 unspecified atom stereocenters. The van der Waals surface area contributed by atoms with Gasteiger partial charge >= 0.3 is 6.18 Å². The largest absolute Gasteiger partial charge is 0.413 e. The monoisotopic (exact) mass is 505 g/mol. The van der Waals surface area contributed by atoms with Gasteiger partial charge in [-0.3, -0.25) is 4.99 Å². The summed E-state index contributed by atoms with van der Waals surface area (Å²) in [5.41, 5.74) is 16.2. The molecule has 9 nitrogen and oxygen atoms in total. The van der Waals surface area contributed by atoms with Crippen LogP contribution in [0.1, 0.15) is 23.8 Å². The van der Waals surface area contributed by atoms with Crippen LogP contribution in [-0.2, 0) is 0 Å². The van der Waals surface area contributed by atoms with Gasteiger partial charge in [-0.15, -0.1) is 0 Å². The molecule has 1 saturated heterocycles. The smallest absolute Gasteiger partial charge is 0.401 e. The van der Waals surface area contributed by atoms with E-state index in [1.807, 2.05) is 4.90 Å². The van der Waals surface area contributed by atoms with Crippen LogP contribution < -0.4 is 22.5 Å². The third-order valence-electron chi connectivity index (χ3n) is 5.92. The lowest BCUT2D eigenvalue weighted by Crippen LogP contribution is -2.47. The van der Waals surface area contributed by atoms with Crippen molar-refractivity contribution in [2.75, 3.05) is 25.4 Å². The number of nitrogens with two attached hydrogens (primary N) is 3. The van der Waals surface area contributed by atoms with Gasteiger partial charge in [0.25, 0.3) is 0 Å². The summed E-state index contributed by atoms with van der Waals surface area (Å²) in [4.78, 5) is 11.1. The van der Waals surface area contributed by atoms with Gasteiger partial charge in [0.1, 0.15) is 23.5 Å². The Kier molecular flexibility index (Phi) is 6.94. The SMILES string of the molecule is NC1=C(C(N)O)SC2N=C(N3CCC(NCC(O)c4cnc(N)s4)CC3)C=C(C(F)(F)F)C12. The lowest BCUT2D eigenvalue weighted by Gasteiger charge is -2.37. The number of halogens is 3. The number of aliphatic imine (C=N–C) groups is 1. The number of likely N-dealkylation sites (tertiary alicyclic amines) is 1. The molecule has 0 amide bonds. The van der Waals surface area contributed by atoms with E-state index in [-0.39, 0.29) is 22.5 Å². The van der Waals surface area contributed by atoms with E-state index in [4.69, 9.17) is 17.2 Å². The van der Waals surface area contributed by atoms with E-state index < -0.39 is 35.4 Å². The number of dihydropyridines is 1. The van der Waals surface area contributed by atoms with Gasteiger partial charge in [-0.25, -0.2) is 4.98 Å². The Morgan fingerprint density at radius 3 is 2.52 bits per heavy atom. The molecule has 0 radical (unpaired) electrons. The van der Waals surface area contributed by atoms with Crippen molar-refractivity contribution in [3.63, 3.8) is 0 Å². The van der Waals surface area contributed by atoms with Crippen LogP contribution in [0, 0.1) is 5.92 Å². The minimum atomic E-state index is -4.58. The van der Waals surface area contributed by atoms with Gasteiger partial charge in [-0.05, 0) is 18.9 Å². The fourth-order valence-corrected chi connectivity index (χ4v) is 6.13. The van der Waals surface area contributed by atoms with Crippen molar-refractivity contribution in [3.05, 3.63) is 33.3 Å². The maximum absolute atomic E-state index is 13.8. The number of aliphatic hydroxyl groups excluding tert-OH is 2. The number of nitrogen functional groups attached to an aromatic ring is 1. The van der Waals surface area contributed by atoms with Gasteiger partial charge in [0.05, 0.1) is 10.8 Å². The summed E-state index contributed by atoms with van der Waals surface area (Å²) in [7, 11) is 0. The molecule has 33 heavy (non-hydrogen) atoms. The van der Waals surface area contributed by atoms with E-state index >= 15 is 0 Å². The zero-order valence-electron chi connectivity index (χ0n) is 17.5. The molecule has 1 aromatic heterocycles. The summed E-state index contributed by atoms with van der Waals surface area (Å²) >= 11 is 2.21. The number of anilines is 1. The van der Waals surface area contributed by atoms with Crippen LogP contribution in [-0.4, -0.2) is 69.4 Å². The van der Waals surface area contributed by atoms with Crippen molar-refractivity contribution >= 4 is 34.1 Å². The van der Waals surface area contributed by atoms with Gasteiger partial charge in [0.2, 0.25) is 0 Å². The number of aromatic nitrogens is 1. The average Bonchev–Trinajstić information content (AvgIpc) is 3.34. The number of thioether (sulfide) groups is 1. The molecule has 3 aliphatic heterocycles. The number of hydrogen-bond donors (Lipinski definition) is 6.